The summed E-state index contributed by atoms with van der Waals surface area (Å²) < 4.78 is 2.04. The van der Waals surface area contributed by atoms with Crippen molar-refractivity contribution in [3.8, 4) is 11.3 Å². The van der Waals surface area contributed by atoms with Gasteiger partial charge in [0.05, 0.1) is 5.56 Å². The molecule has 3 heterocycles. The predicted molar refractivity (Wildman–Crippen MR) is 108 cm³/mol. The number of nitrogens with zero attached hydrogens (tertiary/aromatic N) is 3. The van der Waals surface area contributed by atoms with Gasteiger partial charge in [-0.05, 0) is 55.8 Å². The summed E-state index contributed by atoms with van der Waals surface area (Å²) in [7, 11) is 1.97. The maximum Gasteiger partial charge on any atom is 0.258 e. The highest BCUT2D eigenvalue weighted by atomic mass is 16.1. The molecule has 0 saturated carbocycles. The van der Waals surface area contributed by atoms with Gasteiger partial charge in [0.1, 0.15) is 5.82 Å². The first-order valence-electron chi connectivity index (χ1n) is 8.79. The van der Waals surface area contributed by atoms with Crippen LogP contribution < -0.4 is 5.32 Å². The number of carbonyl (C=O) groups is 1. The van der Waals surface area contributed by atoms with E-state index < -0.39 is 0 Å². The van der Waals surface area contributed by atoms with Crippen LogP contribution in [0.4, 0.5) is 5.82 Å². The molecule has 27 heavy (non-hydrogen) atoms. The van der Waals surface area contributed by atoms with E-state index in [1.54, 1.807) is 12.3 Å². The molecule has 0 fully saturated rings. The fourth-order valence-corrected chi connectivity index (χ4v) is 3.22. The molecule has 0 saturated heterocycles. The molecule has 0 bridgehead atoms. The van der Waals surface area contributed by atoms with E-state index in [9.17, 15) is 4.79 Å². The molecule has 3 aromatic heterocycles. The Balaban J connectivity index is 1.66. The fraction of sp³-hybridized carbons (Fsp3) is 0.136. The summed E-state index contributed by atoms with van der Waals surface area (Å²) in [6, 6.07) is 17.7. The van der Waals surface area contributed by atoms with Crippen molar-refractivity contribution in [2.24, 2.45) is 7.05 Å². The third kappa shape index (κ3) is 3.19. The predicted octanol–water partition coefficient (Wildman–Crippen LogP) is 4.50. The first kappa shape index (κ1) is 17.0. The van der Waals surface area contributed by atoms with Crippen LogP contribution >= 0.6 is 0 Å². The number of hydrogen-bond acceptors (Lipinski definition) is 3. The van der Waals surface area contributed by atoms with Gasteiger partial charge in [-0.2, -0.15) is 0 Å². The topological polar surface area (TPSA) is 59.8 Å². The van der Waals surface area contributed by atoms with Crippen LogP contribution in [0.15, 0.2) is 60.8 Å². The van der Waals surface area contributed by atoms with Crippen molar-refractivity contribution >= 4 is 22.8 Å². The molecule has 4 aromatic rings. The van der Waals surface area contributed by atoms with Crippen molar-refractivity contribution in [3.05, 3.63) is 77.6 Å². The number of aromatic nitrogens is 3. The molecule has 5 nitrogen and oxygen atoms in total. The Morgan fingerprint density at radius 1 is 1.04 bits per heavy atom. The zero-order valence-corrected chi connectivity index (χ0v) is 15.5. The summed E-state index contributed by atoms with van der Waals surface area (Å²) in [5.74, 6) is 0.316. The lowest BCUT2D eigenvalue weighted by molar-refractivity contribution is 0.102. The number of nitrogens with one attached hydrogen (secondary N) is 1. The summed E-state index contributed by atoms with van der Waals surface area (Å²) in [6.45, 7) is 4.01. The van der Waals surface area contributed by atoms with Gasteiger partial charge in [0, 0.05) is 30.0 Å². The Bertz CT molecular complexity index is 1160. The molecule has 0 aliphatic carbocycles. The van der Waals surface area contributed by atoms with Crippen LogP contribution in [-0.2, 0) is 7.05 Å². The van der Waals surface area contributed by atoms with E-state index in [1.165, 1.54) is 5.56 Å². The molecule has 134 valence electrons. The lowest BCUT2D eigenvalue weighted by Gasteiger charge is -2.06. The first-order chi connectivity index (χ1) is 13.0. The standard InChI is InChI=1S/C22H20N4O/c1-14-6-4-7-17(12-14)19-13-18(15(2)26(19)3)22(27)25-20-10-9-16-8-5-11-23-21(16)24-20/h4-13H,1-3H3,(H,23,24,25,27). The van der Waals surface area contributed by atoms with E-state index in [4.69, 9.17) is 0 Å². The summed E-state index contributed by atoms with van der Waals surface area (Å²) in [5.41, 5.74) is 5.44. The lowest BCUT2D eigenvalue weighted by Crippen LogP contribution is -2.14. The highest BCUT2D eigenvalue weighted by Gasteiger charge is 2.17. The molecule has 1 amide bonds. The van der Waals surface area contributed by atoms with Crippen LogP contribution in [0.2, 0.25) is 0 Å². The van der Waals surface area contributed by atoms with E-state index in [-0.39, 0.29) is 5.91 Å². The van der Waals surface area contributed by atoms with Gasteiger partial charge in [-0.3, -0.25) is 4.79 Å². The SMILES string of the molecule is Cc1cccc(-c2cc(C(=O)Nc3ccc4cccnc4n3)c(C)n2C)c1. The number of carbonyl (C=O) groups excluding carboxylic acids is 1. The van der Waals surface area contributed by atoms with Crippen molar-refractivity contribution in [1.29, 1.82) is 0 Å². The van der Waals surface area contributed by atoms with Gasteiger partial charge in [0.2, 0.25) is 0 Å². The summed E-state index contributed by atoms with van der Waals surface area (Å²) in [6.07, 6.45) is 1.69. The van der Waals surface area contributed by atoms with Gasteiger partial charge in [-0.25, -0.2) is 9.97 Å². The minimum Gasteiger partial charge on any atom is -0.347 e. The van der Waals surface area contributed by atoms with E-state index in [2.05, 4.69) is 40.4 Å². The van der Waals surface area contributed by atoms with Crippen LogP contribution in [0.1, 0.15) is 21.6 Å². The monoisotopic (exact) mass is 356 g/mol. The highest BCUT2D eigenvalue weighted by Crippen LogP contribution is 2.26. The zero-order valence-electron chi connectivity index (χ0n) is 15.5. The van der Waals surface area contributed by atoms with Crippen LogP contribution in [0.25, 0.3) is 22.3 Å². The number of hydrogen-bond donors (Lipinski definition) is 1. The first-order valence-corrected chi connectivity index (χ1v) is 8.79. The highest BCUT2D eigenvalue weighted by molar-refractivity contribution is 6.05. The minimum absolute atomic E-state index is 0.176. The second-order valence-electron chi connectivity index (χ2n) is 6.66. The normalized spacial score (nSPS) is 10.9. The third-order valence-corrected chi connectivity index (χ3v) is 4.80. The quantitative estimate of drug-likeness (QED) is 0.588. The van der Waals surface area contributed by atoms with Gasteiger partial charge >= 0.3 is 0 Å². The lowest BCUT2D eigenvalue weighted by atomic mass is 10.1. The zero-order chi connectivity index (χ0) is 19.0. The Kier molecular flexibility index (Phi) is 4.20. The number of amides is 1. The van der Waals surface area contributed by atoms with Crippen molar-refractivity contribution in [2.75, 3.05) is 5.32 Å². The molecular formula is C22H20N4O. The van der Waals surface area contributed by atoms with Crippen LogP contribution in [0, 0.1) is 13.8 Å². The molecule has 0 radical (unpaired) electrons. The Hall–Kier alpha value is -3.47. The smallest absolute Gasteiger partial charge is 0.258 e. The molecule has 0 aliphatic rings. The van der Waals surface area contributed by atoms with E-state index in [0.29, 0.717) is 17.0 Å². The van der Waals surface area contributed by atoms with Gasteiger partial charge in [-0.1, -0.05) is 23.8 Å². The van der Waals surface area contributed by atoms with Crippen LogP contribution in [-0.4, -0.2) is 20.4 Å². The molecule has 5 heteroatoms. The van der Waals surface area contributed by atoms with Crippen molar-refractivity contribution in [2.45, 2.75) is 13.8 Å². The average Bonchev–Trinajstić information content (AvgIpc) is 2.97. The number of aryl methyl sites for hydroxylation is 1. The molecular weight excluding hydrogens is 336 g/mol. The van der Waals surface area contributed by atoms with Gasteiger partial charge in [0.25, 0.3) is 5.91 Å². The minimum atomic E-state index is -0.176. The number of benzene rings is 1. The Morgan fingerprint density at radius 3 is 2.70 bits per heavy atom. The number of pyridine rings is 2. The average molecular weight is 356 g/mol. The maximum atomic E-state index is 12.8. The molecule has 0 spiro atoms. The molecule has 4 rings (SSSR count). The summed E-state index contributed by atoms with van der Waals surface area (Å²) in [4.78, 5) is 21.5. The van der Waals surface area contributed by atoms with Crippen LogP contribution in [0.3, 0.4) is 0 Å². The van der Waals surface area contributed by atoms with Gasteiger partial charge in [-0.15, -0.1) is 0 Å². The molecule has 1 aromatic carbocycles. The Morgan fingerprint density at radius 2 is 1.89 bits per heavy atom. The molecule has 0 aliphatic heterocycles. The van der Waals surface area contributed by atoms with Crippen LogP contribution in [0.5, 0.6) is 0 Å². The van der Waals surface area contributed by atoms with Crippen molar-refractivity contribution in [3.63, 3.8) is 0 Å². The van der Waals surface area contributed by atoms with Gasteiger partial charge in [0.15, 0.2) is 5.65 Å². The molecule has 0 atom stereocenters. The van der Waals surface area contributed by atoms with E-state index >= 15 is 0 Å². The van der Waals surface area contributed by atoms with E-state index in [0.717, 1.165) is 22.3 Å². The van der Waals surface area contributed by atoms with Crippen molar-refractivity contribution < 1.29 is 4.79 Å². The Labute approximate surface area is 157 Å². The number of fused-ring (bicyclic) bond motifs is 1. The van der Waals surface area contributed by atoms with E-state index in [1.807, 2.05) is 48.9 Å². The largest absolute Gasteiger partial charge is 0.347 e. The second-order valence-corrected chi connectivity index (χ2v) is 6.66. The summed E-state index contributed by atoms with van der Waals surface area (Å²) >= 11 is 0. The summed E-state index contributed by atoms with van der Waals surface area (Å²) in [5, 5.41) is 3.83. The third-order valence-electron chi connectivity index (χ3n) is 4.80. The fourth-order valence-electron chi connectivity index (χ4n) is 3.22. The van der Waals surface area contributed by atoms with Gasteiger partial charge < -0.3 is 9.88 Å². The van der Waals surface area contributed by atoms with Crippen molar-refractivity contribution in [1.82, 2.24) is 14.5 Å². The molecule has 0 unspecified atom stereocenters. The maximum absolute atomic E-state index is 12.8. The second kappa shape index (κ2) is 6.68. The number of anilines is 1. The molecule has 1 N–H and O–H groups in total. The number of rotatable bonds is 3.